The summed E-state index contributed by atoms with van der Waals surface area (Å²) in [5.41, 5.74) is 9.19. The standard InChI is InChI=1S/C16H24N2OS/c1-19-14-5-4-13-3-2-6-16(12-17,15(13)11-14)18-7-9-20-10-8-18/h4-5,11H,2-3,6-10,12,17H2,1H3. The van der Waals surface area contributed by atoms with Gasteiger partial charge in [0.25, 0.3) is 0 Å². The molecule has 0 saturated carbocycles. The maximum Gasteiger partial charge on any atom is 0.119 e. The van der Waals surface area contributed by atoms with Crippen molar-refractivity contribution in [1.82, 2.24) is 4.90 Å². The molecule has 1 aromatic carbocycles. The fourth-order valence-electron chi connectivity index (χ4n) is 3.70. The van der Waals surface area contributed by atoms with Gasteiger partial charge in [-0.05, 0) is 42.5 Å². The van der Waals surface area contributed by atoms with Crippen LogP contribution in [0.4, 0.5) is 0 Å². The molecule has 0 radical (unpaired) electrons. The van der Waals surface area contributed by atoms with Gasteiger partial charge in [-0.25, -0.2) is 0 Å². The molecule has 3 rings (SSSR count). The first kappa shape index (κ1) is 14.2. The topological polar surface area (TPSA) is 38.5 Å². The molecule has 1 aliphatic heterocycles. The van der Waals surface area contributed by atoms with Gasteiger partial charge in [-0.3, -0.25) is 4.90 Å². The second-order valence-corrected chi connectivity index (χ2v) is 6.94. The smallest absolute Gasteiger partial charge is 0.119 e. The molecule has 2 N–H and O–H groups in total. The molecule has 0 aromatic heterocycles. The summed E-state index contributed by atoms with van der Waals surface area (Å²) in [7, 11) is 1.74. The van der Waals surface area contributed by atoms with E-state index in [1.54, 1.807) is 7.11 Å². The third-order valence-electron chi connectivity index (χ3n) is 4.81. The lowest BCUT2D eigenvalue weighted by Crippen LogP contribution is -2.55. The molecule has 0 bridgehead atoms. The van der Waals surface area contributed by atoms with Crippen molar-refractivity contribution in [3.05, 3.63) is 29.3 Å². The van der Waals surface area contributed by atoms with E-state index in [2.05, 4.69) is 34.9 Å². The summed E-state index contributed by atoms with van der Waals surface area (Å²) in [6.45, 7) is 3.01. The van der Waals surface area contributed by atoms with Crippen molar-refractivity contribution in [3.8, 4) is 5.75 Å². The Bertz CT molecular complexity index is 474. The van der Waals surface area contributed by atoms with Crippen molar-refractivity contribution in [1.29, 1.82) is 0 Å². The van der Waals surface area contributed by atoms with Gasteiger partial charge < -0.3 is 10.5 Å². The van der Waals surface area contributed by atoms with Crippen LogP contribution in [0.2, 0.25) is 0 Å². The molecule has 2 aliphatic rings. The fourth-order valence-corrected chi connectivity index (χ4v) is 4.60. The normalized spacial score (nSPS) is 27.1. The van der Waals surface area contributed by atoms with Crippen LogP contribution in [0.3, 0.4) is 0 Å². The highest BCUT2D eigenvalue weighted by atomic mass is 32.2. The maximum atomic E-state index is 6.29. The highest BCUT2D eigenvalue weighted by molar-refractivity contribution is 7.99. The highest BCUT2D eigenvalue weighted by Gasteiger charge is 2.41. The van der Waals surface area contributed by atoms with Crippen LogP contribution in [0, 0.1) is 0 Å². The summed E-state index contributed by atoms with van der Waals surface area (Å²) in [6.07, 6.45) is 3.58. The summed E-state index contributed by atoms with van der Waals surface area (Å²) >= 11 is 2.05. The molecule has 1 atom stereocenters. The number of hydrogen-bond donors (Lipinski definition) is 1. The molecule has 110 valence electrons. The first-order valence-corrected chi connectivity index (χ1v) is 8.66. The molecule has 1 aromatic rings. The van der Waals surface area contributed by atoms with E-state index in [4.69, 9.17) is 10.5 Å². The Morgan fingerprint density at radius 3 is 2.85 bits per heavy atom. The summed E-state index contributed by atoms with van der Waals surface area (Å²) in [5.74, 6) is 3.40. The van der Waals surface area contributed by atoms with Gasteiger partial charge in [0.2, 0.25) is 0 Å². The number of benzene rings is 1. The van der Waals surface area contributed by atoms with E-state index >= 15 is 0 Å². The number of nitrogens with two attached hydrogens (primary N) is 1. The average Bonchev–Trinajstić information content (AvgIpc) is 2.54. The molecule has 1 fully saturated rings. The second-order valence-electron chi connectivity index (χ2n) is 5.71. The lowest BCUT2D eigenvalue weighted by Gasteiger charge is -2.48. The number of nitrogens with zero attached hydrogens (tertiary/aromatic N) is 1. The summed E-state index contributed by atoms with van der Waals surface area (Å²) in [5, 5.41) is 0. The summed E-state index contributed by atoms with van der Waals surface area (Å²) < 4.78 is 5.44. The molecule has 1 aliphatic carbocycles. The van der Waals surface area contributed by atoms with Gasteiger partial charge in [0.1, 0.15) is 5.75 Å². The van der Waals surface area contributed by atoms with E-state index in [0.29, 0.717) is 6.54 Å². The molecule has 20 heavy (non-hydrogen) atoms. The molecule has 4 heteroatoms. The molecule has 0 amide bonds. The van der Waals surface area contributed by atoms with Crippen LogP contribution in [0.15, 0.2) is 18.2 Å². The van der Waals surface area contributed by atoms with Gasteiger partial charge in [0.05, 0.1) is 12.6 Å². The van der Waals surface area contributed by atoms with E-state index in [1.165, 1.54) is 41.9 Å². The van der Waals surface area contributed by atoms with Gasteiger partial charge in [0.15, 0.2) is 0 Å². The lowest BCUT2D eigenvalue weighted by atomic mass is 9.75. The first-order valence-electron chi connectivity index (χ1n) is 7.50. The minimum atomic E-state index is 0.0309. The van der Waals surface area contributed by atoms with E-state index in [0.717, 1.165) is 18.8 Å². The van der Waals surface area contributed by atoms with Crippen LogP contribution in [-0.4, -0.2) is 43.1 Å². The van der Waals surface area contributed by atoms with Gasteiger partial charge >= 0.3 is 0 Å². The highest BCUT2D eigenvalue weighted by Crippen LogP contribution is 2.42. The largest absolute Gasteiger partial charge is 0.497 e. The van der Waals surface area contributed by atoms with Crippen molar-refractivity contribution < 1.29 is 4.74 Å². The zero-order chi connectivity index (χ0) is 14.0. The Morgan fingerprint density at radius 2 is 2.15 bits per heavy atom. The third-order valence-corrected chi connectivity index (χ3v) is 5.75. The number of ether oxygens (including phenoxy) is 1. The van der Waals surface area contributed by atoms with Crippen LogP contribution in [-0.2, 0) is 12.0 Å². The van der Waals surface area contributed by atoms with Crippen molar-refractivity contribution in [2.45, 2.75) is 24.8 Å². The van der Waals surface area contributed by atoms with Gasteiger partial charge in [-0.2, -0.15) is 11.8 Å². The number of aryl methyl sites for hydroxylation is 1. The predicted molar refractivity (Wildman–Crippen MR) is 85.6 cm³/mol. The van der Waals surface area contributed by atoms with Gasteiger partial charge in [-0.1, -0.05) is 6.07 Å². The average molecular weight is 292 g/mol. The molecule has 1 heterocycles. The Balaban J connectivity index is 2.03. The minimum absolute atomic E-state index is 0.0309. The van der Waals surface area contributed by atoms with Crippen molar-refractivity contribution >= 4 is 11.8 Å². The molecular weight excluding hydrogens is 268 g/mol. The SMILES string of the molecule is COc1ccc2c(c1)C(CN)(N1CCSCC1)CCC2. The van der Waals surface area contributed by atoms with Crippen molar-refractivity contribution in [2.24, 2.45) is 5.73 Å². The summed E-state index contributed by atoms with van der Waals surface area (Å²) in [6, 6.07) is 6.54. The van der Waals surface area contributed by atoms with E-state index < -0.39 is 0 Å². The molecular formula is C16H24N2OS. The number of rotatable bonds is 3. The van der Waals surface area contributed by atoms with Gasteiger partial charge in [-0.15, -0.1) is 0 Å². The Labute approximate surface area is 125 Å². The van der Waals surface area contributed by atoms with Crippen molar-refractivity contribution in [2.75, 3.05) is 38.2 Å². The molecule has 0 spiro atoms. The van der Waals surface area contributed by atoms with Crippen molar-refractivity contribution in [3.63, 3.8) is 0 Å². The fraction of sp³-hybridized carbons (Fsp3) is 0.625. The maximum absolute atomic E-state index is 6.29. The van der Waals surface area contributed by atoms with E-state index in [-0.39, 0.29) is 5.54 Å². The molecule has 3 nitrogen and oxygen atoms in total. The van der Waals surface area contributed by atoms with Crippen LogP contribution in [0.1, 0.15) is 24.0 Å². The van der Waals surface area contributed by atoms with Crippen LogP contribution in [0.25, 0.3) is 0 Å². The quantitative estimate of drug-likeness (QED) is 0.927. The number of thioether (sulfide) groups is 1. The van der Waals surface area contributed by atoms with Gasteiger partial charge in [0, 0.05) is 31.1 Å². The summed E-state index contributed by atoms with van der Waals surface area (Å²) in [4.78, 5) is 2.63. The first-order chi connectivity index (χ1) is 9.80. The lowest BCUT2D eigenvalue weighted by molar-refractivity contribution is 0.0851. The number of hydrogen-bond acceptors (Lipinski definition) is 4. The van der Waals surface area contributed by atoms with E-state index in [1.807, 2.05) is 0 Å². The number of methoxy groups -OCH3 is 1. The zero-order valence-electron chi connectivity index (χ0n) is 12.2. The zero-order valence-corrected chi connectivity index (χ0v) is 13.0. The Morgan fingerprint density at radius 1 is 1.35 bits per heavy atom. The molecule has 1 unspecified atom stereocenters. The van der Waals surface area contributed by atoms with E-state index in [9.17, 15) is 0 Å². The monoisotopic (exact) mass is 292 g/mol. The Kier molecular flexibility index (Phi) is 4.24. The Hall–Kier alpha value is -0.710. The third kappa shape index (κ3) is 2.34. The number of fused-ring (bicyclic) bond motifs is 1. The van der Waals surface area contributed by atoms with Crippen LogP contribution in [0.5, 0.6) is 5.75 Å². The minimum Gasteiger partial charge on any atom is -0.497 e. The second kappa shape index (κ2) is 5.96. The van der Waals surface area contributed by atoms with Crippen LogP contribution >= 0.6 is 11.8 Å². The van der Waals surface area contributed by atoms with Crippen LogP contribution < -0.4 is 10.5 Å². The predicted octanol–water partition coefficient (Wildman–Crippen LogP) is 2.23. The molecule has 1 saturated heterocycles.